The van der Waals surface area contributed by atoms with E-state index in [0.717, 1.165) is 30.6 Å². The lowest BCUT2D eigenvalue weighted by Gasteiger charge is -2.34. The molecule has 2 aliphatic rings. The number of nitrogens with zero attached hydrogens (tertiary/aromatic N) is 1. The Labute approximate surface area is 127 Å². The number of halogens is 1. The monoisotopic (exact) mass is 290 g/mol. The normalized spacial score (nSPS) is 27.5. The molecule has 1 saturated carbocycles. The van der Waals surface area contributed by atoms with Crippen LogP contribution in [0.25, 0.3) is 0 Å². The summed E-state index contributed by atoms with van der Waals surface area (Å²) in [6, 6.07) is 8.07. The van der Waals surface area contributed by atoms with Crippen molar-refractivity contribution in [1.82, 2.24) is 10.2 Å². The van der Waals surface area contributed by atoms with Gasteiger partial charge in [-0.15, -0.1) is 0 Å². The summed E-state index contributed by atoms with van der Waals surface area (Å²) in [7, 11) is 0. The van der Waals surface area contributed by atoms with Crippen LogP contribution in [0.2, 0.25) is 0 Å². The topological polar surface area (TPSA) is 15.3 Å². The van der Waals surface area contributed by atoms with E-state index in [2.05, 4.69) is 17.1 Å². The van der Waals surface area contributed by atoms with Gasteiger partial charge in [0.2, 0.25) is 0 Å². The molecule has 1 N–H and O–H groups in total. The Morgan fingerprint density at radius 3 is 2.86 bits per heavy atom. The van der Waals surface area contributed by atoms with Crippen molar-refractivity contribution in [1.29, 1.82) is 0 Å². The SMILES string of the molecule is CCNC(CN1CCC2CCCCC21)c1ccccc1F. The van der Waals surface area contributed by atoms with Crippen molar-refractivity contribution < 1.29 is 4.39 Å². The van der Waals surface area contributed by atoms with Crippen molar-refractivity contribution in [2.45, 2.75) is 51.1 Å². The van der Waals surface area contributed by atoms with E-state index in [9.17, 15) is 4.39 Å². The van der Waals surface area contributed by atoms with Gasteiger partial charge in [0.15, 0.2) is 0 Å². The van der Waals surface area contributed by atoms with Gasteiger partial charge >= 0.3 is 0 Å². The molecule has 0 amide bonds. The lowest BCUT2D eigenvalue weighted by molar-refractivity contribution is 0.166. The number of hydrogen-bond acceptors (Lipinski definition) is 2. The Bertz CT molecular complexity index is 462. The van der Waals surface area contributed by atoms with Crippen molar-refractivity contribution >= 4 is 0 Å². The van der Waals surface area contributed by atoms with Gasteiger partial charge in [0.25, 0.3) is 0 Å². The summed E-state index contributed by atoms with van der Waals surface area (Å²) >= 11 is 0. The summed E-state index contributed by atoms with van der Waals surface area (Å²) in [4.78, 5) is 2.61. The summed E-state index contributed by atoms with van der Waals surface area (Å²) in [5, 5.41) is 3.48. The van der Waals surface area contributed by atoms with Gasteiger partial charge in [0, 0.05) is 24.2 Å². The standard InChI is InChI=1S/C18H27FN2/c1-2-20-17(15-8-4-5-9-16(15)19)13-21-12-11-14-7-3-6-10-18(14)21/h4-5,8-9,14,17-18,20H,2-3,6-7,10-13H2,1H3. The molecule has 1 aromatic carbocycles. The molecule has 3 heteroatoms. The molecular formula is C18H27FN2. The van der Waals surface area contributed by atoms with Gasteiger partial charge in [0.1, 0.15) is 5.82 Å². The third-order valence-corrected chi connectivity index (χ3v) is 5.27. The zero-order valence-corrected chi connectivity index (χ0v) is 13.0. The first-order valence-electron chi connectivity index (χ1n) is 8.51. The van der Waals surface area contributed by atoms with E-state index in [0.29, 0.717) is 0 Å². The van der Waals surface area contributed by atoms with Crippen LogP contribution in [0.1, 0.15) is 50.6 Å². The maximum absolute atomic E-state index is 14.1. The van der Waals surface area contributed by atoms with Crippen LogP contribution < -0.4 is 5.32 Å². The first kappa shape index (κ1) is 15.0. The van der Waals surface area contributed by atoms with Gasteiger partial charge in [-0.05, 0) is 44.3 Å². The van der Waals surface area contributed by atoms with E-state index in [4.69, 9.17) is 0 Å². The quantitative estimate of drug-likeness (QED) is 0.888. The fraction of sp³-hybridized carbons (Fsp3) is 0.667. The maximum atomic E-state index is 14.1. The molecule has 1 heterocycles. The van der Waals surface area contributed by atoms with E-state index in [1.54, 1.807) is 12.1 Å². The molecule has 21 heavy (non-hydrogen) atoms. The molecule has 1 aliphatic carbocycles. The molecule has 2 fully saturated rings. The molecule has 116 valence electrons. The van der Waals surface area contributed by atoms with E-state index >= 15 is 0 Å². The average molecular weight is 290 g/mol. The Balaban J connectivity index is 1.72. The summed E-state index contributed by atoms with van der Waals surface area (Å²) in [6.45, 7) is 5.10. The number of likely N-dealkylation sites (N-methyl/N-ethyl adjacent to an activating group) is 1. The zero-order valence-electron chi connectivity index (χ0n) is 13.0. The minimum Gasteiger partial charge on any atom is -0.309 e. The number of hydrogen-bond donors (Lipinski definition) is 1. The highest BCUT2D eigenvalue weighted by molar-refractivity contribution is 5.21. The highest BCUT2D eigenvalue weighted by Crippen LogP contribution is 2.37. The lowest BCUT2D eigenvalue weighted by Crippen LogP contribution is -2.40. The van der Waals surface area contributed by atoms with E-state index in [-0.39, 0.29) is 11.9 Å². The molecule has 0 radical (unpaired) electrons. The van der Waals surface area contributed by atoms with Gasteiger partial charge in [-0.1, -0.05) is 38.0 Å². The third-order valence-electron chi connectivity index (χ3n) is 5.27. The number of nitrogens with one attached hydrogen (secondary N) is 1. The van der Waals surface area contributed by atoms with Crippen LogP contribution in [0.3, 0.4) is 0 Å². The van der Waals surface area contributed by atoms with Crippen molar-refractivity contribution in [2.75, 3.05) is 19.6 Å². The fourth-order valence-corrected chi connectivity index (χ4v) is 4.24. The largest absolute Gasteiger partial charge is 0.309 e. The maximum Gasteiger partial charge on any atom is 0.128 e. The summed E-state index contributed by atoms with van der Waals surface area (Å²) in [6.07, 6.45) is 6.83. The predicted octanol–water partition coefficient (Wildman–Crippen LogP) is 3.74. The Hall–Kier alpha value is -0.930. The molecule has 1 saturated heterocycles. The third kappa shape index (κ3) is 3.29. The molecule has 0 spiro atoms. The van der Waals surface area contributed by atoms with Crippen LogP contribution in [0.4, 0.5) is 4.39 Å². The van der Waals surface area contributed by atoms with Crippen LogP contribution in [0.5, 0.6) is 0 Å². The molecule has 1 aromatic rings. The first-order chi connectivity index (χ1) is 10.3. The highest BCUT2D eigenvalue weighted by Gasteiger charge is 2.36. The van der Waals surface area contributed by atoms with Gasteiger partial charge in [0.05, 0.1) is 0 Å². The van der Waals surface area contributed by atoms with Crippen LogP contribution in [-0.2, 0) is 0 Å². The minimum atomic E-state index is -0.0807. The van der Waals surface area contributed by atoms with Crippen molar-refractivity contribution in [3.05, 3.63) is 35.6 Å². The Morgan fingerprint density at radius 1 is 1.24 bits per heavy atom. The van der Waals surface area contributed by atoms with Gasteiger partial charge in [-0.25, -0.2) is 4.39 Å². The summed E-state index contributed by atoms with van der Waals surface area (Å²) in [5.41, 5.74) is 0.818. The highest BCUT2D eigenvalue weighted by atomic mass is 19.1. The van der Waals surface area contributed by atoms with E-state index < -0.39 is 0 Å². The van der Waals surface area contributed by atoms with E-state index in [1.807, 2.05) is 12.1 Å². The first-order valence-corrected chi connectivity index (χ1v) is 8.51. The van der Waals surface area contributed by atoms with Crippen LogP contribution in [0.15, 0.2) is 24.3 Å². The van der Waals surface area contributed by atoms with E-state index in [1.165, 1.54) is 38.6 Å². The van der Waals surface area contributed by atoms with Crippen molar-refractivity contribution in [2.24, 2.45) is 5.92 Å². The molecule has 0 aromatic heterocycles. The molecule has 2 nitrogen and oxygen atoms in total. The minimum absolute atomic E-state index is 0.0807. The second-order valence-corrected chi connectivity index (χ2v) is 6.53. The number of rotatable bonds is 5. The van der Waals surface area contributed by atoms with Gasteiger partial charge in [-0.2, -0.15) is 0 Å². The average Bonchev–Trinajstić information content (AvgIpc) is 2.91. The second-order valence-electron chi connectivity index (χ2n) is 6.53. The lowest BCUT2D eigenvalue weighted by atomic mass is 9.85. The summed E-state index contributed by atoms with van der Waals surface area (Å²) in [5.74, 6) is 0.810. The van der Waals surface area contributed by atoms with Crippen molar-refractivity contribution in [3.8, 4) is 0 Å². The van der Waals surface area contributed by atoms with Crippen LogP contribution in [-0.4, -0.2) is 30.6 Å². The zero-order chi connectivity index (χ0) is 14.7. The van der Waals surface area contributed by atoms with Crippen LogP contribution in [0, 0.1) is 11.7 Å². The fourth-order valence-electron chi connectivity index (χ4n) is 4.24. The molecule has 3 atom stereocenters. The number of benzene rings is 1. The smallest absolute Gasteiger partial charge is 0.128 e. The molecule has 0 bridgehead atoms. The van der Waals surface area contributed by atoms with Gasteiger partial charge < -0.3 is 5.32 Å². The van der Waals surface area contributed by atoms with Gasteiger partial charge in [-0.3, -0.25) is 4.90 Å². The predicted molar refractivity (Wildman–Crippen MR) is 84.8 cm³/mol. The van der Waals surface area contributed by atoms with Crippen molar-refractivity contribution in [3.63, 3.8) is 0 Å². The number of likely N-dealkylation sites (tertiary alicyclic amines) is 1. The number of fused-ring (bicyclic) bond motifs is 1. The Morgan fingerprint density at radius 2 is 2.05 bits per heavy atom. The summed E-state index contributed by atoms with van der Waals surface area (Å²) < 4.78 is 14.1. The molecule has 3 rings (SSSR count). The molecular weight excluding hydrogens is 263 g/mol. The van der Waals surface area contributed by atoms with Crippen LogP contribution >= 0.6 is 0 Å². The molecule has 1 aliphatic heterocycles. The Kier molecular flexibility index (Phi) is 4.91. The second kappa shape index (κ2) is 6.89. The molecule has 3 unspecified atom stereocenters.